The van der Waals surface area contributed by atoms with Gasteiger partial charge in [0.1, 0.15) is 0 Å². The Hall–Kier alpha value is -2.29. The first kappa shape index (κ1) is 12.2. The van der Waals surface area contributed by atoms with Crippen LogP contribution in [0.15, 0.2) is 48.5 Å². The molecule has 0 saturated heterocycles. The van der Waals surface area contributed by atoms with Crippen molar-refractivity contribution in [2.24, 2.45) is 0 Å². The normalized spacial score (nSPS) is 10.1. The summed E-state index contributed by atoms with van der Waals surface area (Å²) in [7, 11) is 0. The van der Waals surface area contributed by atoms with Crippen molar-refractivity contribution >= 4 is 11.6 Å². The zero-order valence-electron chi connectivity index (χ0n) is 10.3. The van der Waals surface area contributed by atoms with E-state index in [1.54, 1.807) is 0 Å². The highest BCUT2D eigenvalue weighted by atomic mass is 16.1. The van der Waals surface area contributed by atoms with Crippen LogP contribution in [0.4, 0.5) is 5.69 Å². The lowest BCUT2D eigenvalue weighted by atomic mass is 10.1. The molecule has 3 nitrogen and oxygen atoms in total. The lowest BCUT2D eigenvalue weighted by molar-refractivity contribution is 0.0951. The molecule has 92 valence electrons. The van der Waals surface area contributed by atoms with E-state index in [9.17, 15) is 4.79 Å². The molecule has 2 rings (SSSR count). The first-order chi connectivity index (χ1) is 8.65. The van der Waals surface area contributed by atoms with Gasteiger partial charge in [0.05, 0.1) is 0 Å². The van der Waals surface area contributed by atoms with Crippen molar-refractivity contribution in [3.63, 3.8) is 0 Å². The smallest absolute Gasteiger partial charge is 0.251 e. The van der Waals surface area contributed by atoms with Crippen molar-refractivity contribution in [1.29, 1.82) is 0 Å². The van der Waals surface area contributed by atoms with Crippen LogP contribution in [0.5, 0.6) is 0 Å². The maximum Gasteiger partial charge on any atom is 0.251 e. The van der Waals surface area contributed by atoms with Crippen LogP contribution in [0.1, 0.15) is 21.5 Å². The maximum absolute atomic E-state index is 11.9. The molecular weight excluding hydrogens is 224 g/mol. The second kappa shape index (κ2) is 5.36. The van der Waals surface area contributed by atoms with E-state index >= 15 is 0 Å². The first-order valence-electron chi connectivity index (χ1n) is 5.84. The molecule has 0 fully saturated rings. The fourth-order valence-corrected chi connectivity index (χ4v) is 1.62. The van der Waals surface area contributed by atoms with E-state index in [0.29, 0.717) is 12.1 Å². The van der Waals surface area contributed by atoms with Crippen molar-refractivity contribution in [2.75, 3.05) is 5.73 Å². The number of carbonyl (C=O) groups excluding carboxylic acids is 1. The largest absolute Gasteiger partial charge is 0.399 e. The number of amides is 1. The van der Waals surface area contributed by atoms with Crippen molar-refractivity contribution < 1.29 is 4.79 Å². The number of nitrogens with two attached hydrogens (primary N) is 1. The minimum absolute atomic E-state index is 0.0631. The van der Waals surface area contributed by atoms with Gasteiger partial charge in [-0.15, -0.1) is 0 Å². The molecule has 0 spiro atoms. The Kier molecular flexibility index (Phi) is 3.63. The average molecular weight is 240 g/mol. The Morgan fingerprint density at radius 2 is 1.67 bits per heavy atom. The highest BCUT2D eigenvalue weighted by Crippen LogP contribution is 2.06. The quantitative estimate of drug-likeness (QED) is 0.810. The molecule has 3 heteroatoms. The van der Waals surface area contributed by atoms with Crippen molar-refractivity contribution in [3.05, 3.63) is 65.2 Å². The number of rotatable bonds is 3. The summed E-state index contributed by atoms with van der Waals surface area (Å²) >= 11 is 0. The lowest BCUT2D eigenvalue weighted by Gasteiger charge is -2.06. The molecule has 0 aliphatic rings. The molecule has 2 aromatic carbocycles. The molecule has 0 bridgehead atoms. The molecule has 0 aliphatic carbocycles. The number of carbonyl (C=O) groups is 1. The Morgan fingerprint density at radius 3 is 2.28 bits per heavy atom. The van der Waals surface area contributed by atoms with Gasteiger partial charge < -0.3 is 11.1 Å². The van der Waals surface area contributed by atoms with E-state index in [4.69, 9.17) is 5.73 Å². The van der Waals surface area contributed by atoms with Crippen LogP contribution < -0.4 is 11.1 Å². The SMILES string of the molecule is Cc1ccc(C(=O)NCc2ccc(N)cc2)cc1. The van der Waals surface area contributed by atoms with Crippen LogP contribution in [0.25, 0.3) is 0 Å². The summed E-state index contributed by atoms with van der Waals surface area (Å²) in [6.07, 6.45) is 0. The fraction of sp³-hybridized carbons (Fsp3) is 0.133. The van der Waals surface area contributed by atoms with Gasteiger partial charge in [0.2, 0.25) is 0 Å². The molecule has 0 unspecified atom stereocenters. The van der Waals surface area contributed by atoms with E-state index in [2.05, 4.69) is 5.32 Å². The van der Waals surface area contributed by atoms with Crippen molar-refractivity contribution in [2.45, 2.75) is 13.5 Å². The molecule has 1 amide bonds. The van der Waals surface area contributed by atoms with Gasteiger partial charge in [-0.1, -0.05) is 29.8 Å². The summed E-state index contributed by atoms with van der Waals surface area (Å²) in [6, 6.07) is 15.0. The Balaban J connectivity index is 1.96. The molecule has 0 heterocycles. The molecule has 0 aromatic heterocycles. The maximum atomic E-state index is 11.9. The summed E-state index contributed by atoms with van der Waals surface area (Å²) in [4.78, 5) is 11.9. The first-order valence-corrected chi connectivity index (χ1v) is 5.84. The number of hydrogen-bond donors (Lipinski definition) is 2. The minimum atomic E-state index is -0.0631. The van der Waals surface area contributed by atoms with Gasteiger partial charge >= 0.3 is 0 Å². The molecule has 2 aromatic rings. The van der Waals surface area contributed by atoms with Gasteiger partial charge in [-0.25, -0.2) is 0 Å². The van der Waals surface area contributed by atoms with E-state index in [1.807, 2.05) is 55.5 Å². The second-order valence-electron chi connectivity index (χ2n) is 4.29. The third-order valence-corrected chi connectivity index (χ3v) is 2.75. The number of aryl methyl sites for hydroxylation is 1. The minimum Gasteiger partial charge on any atom is -0.399 e. The molecular formula is C15H16N2O. The van der Waals surface area contributed by atoms with Gasteiger partial charge in [-0.05, 0) is 36.8 Å². The van der Waals surface area contributed by atoms with E-state index in [-0.39, 0.29) is 5.91 Å². The number of nitrogen functional groups attached to an aromatic ring is 1. The van der Waals surface area contributed by atoms with Gasteiger partial charge in [0, 0.05) is 17.8 Å². The topological polar surface area (TPSA) is 55.1 Å². The summed E-state index contributed by atoms with van der Waals surface area (Å²) in [6.45, 7) is 2.50. The predicted molar refractivity (Wildman–Crippen MR) is 73.2 cm³/mol. The molecule has 3 N–H and O–H groups in total. The second-order valence-corrected chi connectivity index (χ2v) is 4.29. The van der Waals surface area contributed by atoms with E-state index in [0.717, 1.165) is 16.8 Å². The summed E-state index contributed by atoms with van der Waals surface area (Å²) < 4.78 is 0. The Bertz CT molecular complexity index is 529. The van der Waals surface area contributed by atoms with Crippen LogP contribution in [0, 0.1) is 6.92 Å². The zero-order chi connectivity index (χ0) is 13.0. The van der Waals surface area contributed by atoms with Crippen molar-refractivity contribution in [1.82, 2.24) is 5.32 Å². The summed E-state index contributed by atoms with van der Waals surface area (Å²) in [5.74, 6) is -0.0631. The molecule has 0 aliphatic heterocycles. The standard InChI is InChI=1S/C15H16N2O/c1-11-2-6-13(7-3-11)15(18)17-10-12-4-8-14(16)9-5-12/h2-9H,10,16H2,1H3,(H,17,18). The molecule has 0 radical (unpaired) electrons. The number of nitrogens with one attached hydrogen (secondary N) is 1. The summed E-state index contributed by atoms with van der Waals surface area (Å²) in [5, 5.41) is 2.87. The molecule has 0 saturated carbocycles. The highest BCUT2D eigenvalue weighted by Gasteiger charge is 2.04. The molecule has 18 heavy (non-hydrogen) atoms. The zero-order valence-corrected chi connectivity index (χ0v) is 10.3. The van der Waals surface area contributed by atoms with Crippen molar-refractivity contribution in [3.8, 4) is 0 Å². The number of hydrogen-bond acceptors (Lipinski definition) is 2. The van der Waals surface area contributed by atoms with E-state index in [1.165, 1.54) is 0 Å². The average Bonchev–Trinajstić information content (AvgIpc) is 2.38. The Morgan fingerprint density at radius 1 is 1.06 bits per heavy atom. The third kappa shape index (κ3) is 3.10. The number of benzene rings is 2. The third-order valence-electron chi connectivity index (χ3n) is 2.75. The van der Waals surface area contributed by atoms with Crippen LogP contribution in [-0.4, -0.2) is 5.91 Å². The van der Waals surface area contributed by atoms with Crippen LogP contribution in [-0.2, 0) is 6.54 Å². The van der Waals surface area contributed by atoms with Gasteiger partial charge in [0.15, 0.2) is 0 Å². The monoisotopic (exact) mass is 240 g/mol. The summed E-state index contributed by atoms with van der Waals surface area (Å²) in [5.41, 5.74) is 9.18. The Labute approximate surface area is 107 Å². The number of anilines is 1. The van der Waals surface area contributed by atoms with Gasteiger partial charge in [-0.2, -0.15) is 0 Å². The predicted octanol–water partition coefficient (Wildman–Crippen LogP) is 2.51. The van der Waals surface area contributed by atoms with E-state index < -0.39 is 0 Å². The van der Waals surface area contributed by atoms with Gasteiger partial charge in [0.25, 0.3) is 5.91 Å². The molecule has 0 atom stereocenters. The highest BCUT2D eigenvalue weighted by molar-refractivity contribution is 5.94. The fourth-order valence-electron chi connectivity index (χ4n) is 1.62. The van der Waals surface area contributed by atoms with Gasteiger partial charge in [-0.3, -0.25) is 4.79 Å². The van der Waals surface area contributed by atoms with Crippen LogP contribution in [0.2, 0.25) is 0 Å². The van der Waals surface area contributed by atoms with Crippen LogP contribution in [0.3, 0.4) is 0 Å². The van der Waals surface area contributed by atoms with Crippen LogP contribution >= 0.6 is 0 Å². The lowest BCUT2D eigenvalue weighted by Crippen LogP contribution is -2.22.